The van der Waals surface area contributed by atoms with Crippen LogP contribution in [0.3, 0.4) is 0 Å². The summed E-state index contributed by atoms with van der Waals surface area (Å²) >= 11 is 0. The Kier molecular flexibility index (Phi) is 5.55. The maximum atomic E-state index is 12.0. The van der Waals surface area contributed by atoms with E-state index in [4.69, 9.17) is 5.11 Å². The third-order valence-electron chi connectivity index (χ3n) is 3.28. The second-order valence-corrected chi connectivity index (χ2v) is 6.16. The minimum absolute atomic E-state index is 0.00421. The van der Waals surface area contributed by atoms with Gasteiger partial charge in [-0.1, -0.05) is 50.6 Å². The van der Waals surface area contributed by atoms with Crippen molar-refractivity contribution in [2.24, 2.45) is 5.41 Å². The number of aliphatic hydroxyl groups is 1. The van der Waals surface area contributed by atoms with E-state index in [1.54, 1.807) is 0 Å². The molecule has 0 bridgehead atoms. The molecule has 1 atom stereocenters. The molecule has 0 fully saturated rings. The fraction of sp³-hybridized carbons (Fsp3) is 0.562. The summed E-state index contributed by atoms with van der Waals surface area (Å²) in [4.78, 5) is 12.0. The Morgan fingerprint density at radius 1 is 1.26 bits per heavy atom. The molecule has 0 saturated carbocycles. The molecule has 1 aromatic rings. The lowest BCUT2D eigenvalue weighted by atomic mass is 9.85. The molecule has 0 heterocycles. The van der Waals surface area contributed by atoms with Gasteiger partial charge in [-0.3, -0.25) is 4.79 Å². The largest absolute Gasteiger partial charge is 0.396 e. The van der Waals surface area contributed by atoms with Gasteiger partial charge in [-0.25, -0.2) is 0 Å². The lowest BCUT2D eigenvalue weighted by molar-refractivity contribution is -0.122. The van der Waals surface area contributed by atoms with Crippen LogP contribution in [0.15, 0.2) is 24.3 Å². The minimum atomic E-state index is -0.0499. The molecule has 1 rings (SSSR count). The molecular weight excluding hydrogens is 238 g/mol. The van der Waals surface area contributed by atoms with Gasteiger partial charge < -0.3 is 10.4 Å². The Morgan fingerprint density at radius 2 is 1.84 bits per heavy atom. The van der Waals surface area contributed by atoms with Gasteiger partial charge >= 0.3 is 0 Å². The first-order valence-electron chi connectivity index (χ1n) is 6.78. The van der Waals surface area contributed by atoms with Gasteiger partial charge in [0.1, 0.15) is 0 Å². The van der Waals surface area contributed by atoms with Crippen molar-refractivity contribution in [1.82, 2.24) is 5.32 Å². The first-order chi connectivity index (χ1) is 8.82. The number of aryl methyl sites for hydroxylation is 1. The van der Waals surface area contributed by atoms with Crippen LogP contribution in [0.25, 0.3) is 0 Å². The van der Waals surface area contributed by atoms with E-state index in [-0.39, 0.29) is 24.0 Å². The molecule has 2 N–H and O–H groups in total. The zero-order valence-electron chi connectivity index (χ0n) is 12.4. The highest BCUT2D eigenvalue weighted by Gasteiger charge is 2.25. The van der Waals surface area contributed by atoms with Crippen LogP contribution in [0.5, 0.6) is 0 Å². The second-order valence-electron chi connectivity index (χ2n) is 6.16. The van der Waals surface area contributed by atoms with Crippen molar-refractivity contribution in [3.63, 3.8) is 0 Å². The van der Waals surface area contributed by atoms with E-state index in [1.165, 1.54) is 5.56 Å². The maximum absolute atomic E-state index is 12.0. The number of carbonyl (C=O) groups is 1. The molecule has 1 amide bonds. The number of carbonyl (C=O) groups excluding carboxylic acids is 1. The smallest absolute Gasteiger partial charge is 0.224 e. The van der Waals surface area contributed by atoms with Crippen molar-refractivity contribution in [3.05, 3.63) is 35.4 Å². The fourth-order valence-electron chi connectivity index (χ4n) is 1.99. The summed E-state index contributed by atoms with van der Waals surface area (Å²) in [5.74, 6) is 0.0113. The van der Waals surface area contributed by atoms with Gasteiger partial charge in [0, 0.05) is 12.6 Å². The van der Waals surface area contributed by atoms with Crippen LogP contribution < -0.4 is 5.32 Å². The zero-order chi connectivity index (χ0) is 14.5. The third kappa shape index (κ3) is 5.43. The first kappa shape index (κ1) is 15.7. The standard InChI is InChI=1S/C16H25NO2/c1-12-5-7-13(8-6-12)11-15(19)17-14(9-10-18)16(2,3)4/h5-8,14,18H,9-11H2,1-4H3,(H,17,19). The van der Waals surface area contributed by atoms with Crippen LogP contribution >= 0.6 is 0 Å². The maximum Gasteiger partial charge on any atom is 0.224 e. The van der Waals surface area contributed by atoms with E-state index in [2.05, 4.69) is 26.1 Å². The predicted octanol–water partition coefficient (Wildman–Crippen LogP) is 2.45. The average molecular weight is 263 g/mol. The third-order valence-corrected chi connectivity index (χ3v) is 3.28. The second kappa shape index (κ2) is 6.71. The van der Waals surface area contributed by atoms with Gasteiger partial charge in [-0.2, -0.15) is 0 Å². The Balaban J connectivity index is 2.60. The number of rotatable bonds is 5. The molecule has 0 saturated heterocycles. The summed E-state index contributed by atoms with van der Waals surface area (Å²) in [5.41, 5.74) is 2.16. The fourth-order valence-corrected chi connectivity index (χ4v) is 1.99. The Labute approximate surface area is 116 Å². The van der Waals surface area contributed by atoms with Gasteiger partial charge in [0.05, 0.1) is 6.42 Å². The number of nitrogens with one attached hydrogen (secondary N) is 1. The molecule has 19 heavy (non-hydrogen) atoms. The summed E-state index contributed by atoms with van der Waals surface area (Å²) in [6, 6.07) is 7.98. The highest BCUT2D eigenvalue weighted by Crippen LogP contribution is 2.21. The van der Waals surface area contributed by atoms with Crippen LogP contribution in [0.4, 0.5) is 0 Å². The van der Waals surface area contributed by atoms with Crippen molar-refractivity contribution in [2.75, 3.05) is 6.61 Å². The van der Waals surface area contributed by atoms with Crippen LogP contribution in [0.2, 0.25) is 0 Å². The van der Waals surface area contributed by atoms with Crippen molar-refractivity contribution >= 4 is 5.91 Å². The Hall–Kier alpha value is -1.35. The molecule has 0 aromatic heterocycles. The van der Waals surface area contributed by atoms with Crippen molar-refractivity contribution in [1.29, 1.82) is 0 Å². The molecule has 3 nitrogen and oxygen atoms in total. The van der Waals surface area contributed by atoms with E-state index in [0.29, 0.717) is 12.8 Å². The van der Waals surface area contributed by atoms with Crippen molar-refractivity contribution < 1.29 is 9.90 Å². The van der Waals surface area contributed by atoms with Gasteiger partial charge in [0.25, 0.3) is 0 Å². The monoisotopic (exact) mass is 263 g/mol. The summed E-state index contributed by atoms with van der Waals surface area (Å²) < 4.78 is 0. The molecule has 0 radical (unpaired) electrons. The lowest BCUT2D eigenvalue weighted by Gasteiger charge is -2.31. The molecular formula is C16H25NO2. The van der Waals surface area contributed by atoms with E-state index in [9.17, 15) is 4.79 Å². The summed E-state index contributed by atoms with van der Waals surface area (Å²) in [7, 11) is 0. The van der Waals surface area contributed by atoms with Gasteiger partial charge in [-0.05, 0) is 24.3 Å². The van der Waals surface area contributed by atoms with Gasteiger partial charge in [0.2, 0.25) is 5.91 Å². The van der Waals surface area contributed by atoms with Crippen molar-refractivity contribution in [3.8, 4) is 0 Å². The van der Waals surface area contributed by atoms with Crippen LogP contribution in [-0.2, 0) is 11.2 Å². The average Bonchev–Trinajstić information content (AvgIpc) is 2.30. The summed E-state index contributed by atoms with van der Waals surface area (Å²) in [6.45, 7) is 8.33. The molecule has 0 aliphatic rings. The SMILES string of the molecule is Cc1ccc(CC(=O)NC(CCO)C(C)(C)C)cc1. The number of amides is 1. The van der Waals surface area contributed by atoms with E-state index < -0.39 is 0 Å². The molecule has 0 aliphatic carbocycles. The van der Waals surface area contributed by atoms with Gasteiger partial charge in [-0.15, -0.1) is 0 Å². The molecule has 106 valence electrons. The normalized spacial score (nSPS) is 13.1. The van der Waals surface area contributed by atoms with E-state index in [1.807, 2.05) is 31.2 Å². The molecule has 3 heteroatoms. The minimum Gasteiger partial charge on any atom is -0.396 e. The molecule has 1 aromatic carbocycles. The summed E-state index contributed by atoms with van der Waals surface area (Å²) in [6.07, 6.45) is 0.974. The van der Waals surface area contributed by atoms with Crippen LogP contribution in [0, 0.1) is 12.3 Å². The lowest BCUT2D eigenvalue weighted by Crippen LogP contribution is -2.44. The Bertz CT molecular complexity index is 404. The predicted molar refractivity (Wildman–Crippen MR) is 78.0 cm³/mol. The molecule has 0 aliphatic heterocycles. The quantitative estimate of drug-likeness (QED) is 0.857. The van der Waals surface area contributed by atoms with E-state index >= 15 is 0 Å². The zero-order valence-corrected chi connectivity index (χ0v) is 12.4. The van der Waals surface area contributed by atoms with Gasteiger partial charge in [0.15, 0.2) is 0 Å². The molecule has 1 unspecified atom stereocenters. The van der Waals surface area contributed by atoms with Crippen LogP contribution in [-0.4, -0.2) is 23.7 Å². The Morgan fingerprint density at radius 3 is 2.32 bits per heavy atom. The highest BCUT2D eigenvalue weighted by molar-refractivity contribution is 5.78. The number of aliphatic hydroxyl groups excluding tert-OH is 1. The summed E-state index contributed by atoms with van der Waals surface area (Å²) in [5, 5.41) is 12.1. The number of benzene rings is 1. The van der Waals surface area contributed by atoms with E-state index in [0.717, 1.165) is 5.56 Å². The topological polar surface area (TPSA) is 49.3 Å². The van der Waals surface area contributed by atoms with Crippen LogP contribution in [0.1, 0.15) is 38.3 Å². The number of hydrogen-bond donors (Lipinski definition) is 2. The first-order valence-corrected chi connectivity index (χ1v) is 6.78. The highest BCUT2D eigenvalue weighted by atomic mass is 16.3. The number of hydrogen-bond acceptors (Lipinski definition) is 2. The molecule has 0 spiro atoms. The van der Waals surface area contributed by atoms with Crippen molar-refractivity contribution in [2.45, 2.75) is 46.6 Å².